The largest absolute Gasteiger partial charge is 0.497 e. The number of nitrogens with zero attached hydrogens (tertiary/aromatic N) is 1. The maximum atomic E-state index is 12.8. The summed E-state index contributed by atoms with van der Waals surface area (Å²) < 4.78 is 10.7. The van der Waals surface area contributed by atoms with Crippen LogP contribution in [0.5, 0.6) is 11.5 Å². The van der Waals surface area contributed by atoms with Crippen molar-refractivity contribution >= 4 is 41.2 Å². The maximum Gasteiger partial charge on any atom is 0.329 e. The van der Waals surface area contributed by atoms with E-state index in [1.807, 2.05) is 32.0 Å². The van der Waals surface area contributed by atoms with Crippen LogP contribution in [-0.4, -0.2) is 48.9 Å². The molecule has 5 amide bonds. The molecule has 0 aliphatic carbocycles. The average Bonchev–Trinajstić information content (AvgIpc) is 3.17. The zero-order chi connectivity index (χ0) is 27.9. The molecule has 0 saturated carbocycles. The van der Waals surface area contributed by atoms with Gasteiger partial charge in [-0.2, -0.15) is 0 Å². The number of imide groups is 1. The van der Waals surface area contributed by atoms with Gasteiger partial charge in [0.25, 0.3) is 11.8 Å². The normalized spacial score (nSPS) is 13.7. The van der Waals surface area contributed by atoms with Crippen LogP contribution >= 0.6 is 0 Å². The molecule has 0 radical (unpaired) electrons. The molecule has 0 spiro atoms. The highest BCUT2D eigenvalue weighted by atomic mass is 16.5. The van der Waals surface area contributed by atoms with Crippen LogP contribution in [0.1, 0.15) is 16.7 Å². The summed E-state index contributed by atoms with van der Waals surface area (Å²) in [4.78, 5) is 50.7. The van der Waals surface area contributed by atoms with Crippen molar-refractivity contribution in [1.29, 1.82) is 0 Å². The molecule has 0 unspecified atom stereocenters. The van der Waals surface area contributed by atoms with Gasteiger partial charge in [0.15, 0.2) is 6.61 Å². The van der Waals surface area contributed by atoms with Gasteiger partial charge in [0, 0.05) is 11.4 Å². The predicted molar refractivity (Wildman–Crippen MR) is 146 cm³/mol. The Morgan fingerprint density at radius 2 is 1.59 bits per heavy atom. The number of hydrogen-bond donors (Lipinski definition) is 3. The number of urea groups is 1. The summed E-state index contributed by atoms with van der Waals surface area (Å²) >= 11 is 0. The number of carbonyl (C=O) groups excluding carboxylic acids is 4. The molecular weight excluding hydrogens is 500 g/mol. The molecule has 10 heteroatoms. The van der Waals surface area contributed by atoms with Gasteiger partial charge in [-0.3, -0.25) is 14.4 Å². The molecule has 3 aromatic carbocycles. The van der Waals surface area contributed by atoms with Crippen LogP contribution in [0.15, 0.2) is 72.4 Å². The molecule has 0 aromatic heterocycles. The Morgan fingerprint density at radius 3 is 2.31 bits per heavy atom. The smallest absolute Gasteiger partial charge is 0.329 e. The molecule has 1 saturated heterocycles. The maximum absolute atomic E-state index is 12.8. The first kappa shape index (κ1) is 26.9. The standard InChI is InChI=1S/C29H28N4O6/c1-18-7-8-22(13-19(18)2)31-27(35)17-39-24-6-4-5-20(14-24)15-25-28(36)33(29(37)32-25)16-26(34)30-21-9-11-23(38-3)12-10-21/h4-15H,16-17H2,1-3H3,(H,30,34)(H,31,35)(H,32,37)/b25-15-. The molecule has 3 aromatic rings. The minimum absolute atomic E-state index is 0.0156. The third kappa shape index (κ3) is 7.01. The van der Waals surface area contributed by atoms with E-state index in [2.05, 4.69) is 16.0 Å². The second-order valence-corrected chi connectivity index (χ2v) is 8.86. The molecule has 4 rings (SSSR count). The van der Waals surface area contributed by atoms with Crippen molar-refractivity contribution in [2.24, 2.45) is 0 Å². The van der Waals surface area contributed by atoms with Crippen molar-refractivity contribution in [3.8, 4) is 11.5 Å². The molecular formula is C29H28N4O6. The molecule has 1 aliphatic heterocycles. The Balaban J connectivity index is 1.34. The van der Waals surface area contributed by atoms with Crippen LogP contribution in [0.25, 0.3) is 6.08 Å². The van der Waals surface area contributed by atoms with Crippen molar-refractivity contribution in [3.63, 3.8) is 0 Å². The number of ether oxygens (including phenoxy) is 2. The van der Waals surface area contributed by atoms with Gasteiger partial charge in [0.2, 0.25) is 5.91 Å². The van der Waals surface area contributed by atoms with E-state index in [4.69, 9.17) is 9.47 Å². The van der Waals surface area contributed by atoms with Crippen molar-refractivity contribution < 1.29 is 28.7 Å². The van der Waals surface area contributed by atoms with Crippen LogP contribution in [0.4, 0.5) is 16.2 Å². The van der Waals surface area contributed by atoms with Crippen molar-refractivity contribution in [2.45, 2.75) is 13.8 Å². The molecule has 0 atom stereocenters. The van der Waals surface area contributed by atoms with Crippen molar-refractivity contribution in [1.82, 2.24) is 10.2 Å². The number of aryl methyl sites for hydroxylation is 2. The first-order valence-electron chi connectivity index (χ1n) is 12.1. The van der Waals surface area contributed by atoms with Crippen molar-refractivity contribution in [2.75, 3.05) is 30.9 Å². The summed E-state index contributed by atoms with van der Waals surface area (Å²) in [5.74, 6) is -0.439. The van der Waals surface area contributed by atoms with E-state index >= 15 is 0 Å². The Kier molecular flexibility index (Phi) is 8.25. The van der Waals surface area contributed by atoms with Crippen LogP contribution < -0.4 is 25.4 Å². The molecule has 1 fully saturated rings. The van der Waals surface area contributed by atoms with Gasteiger partial charge in [-0.25, -0.2) is 9.69 Å². The molecule has 3 N–H and O–H groups in total. The summed E-state index contributed by atoms with van der Waals surface area (Å²) in [7, 11) is 1.53. The van der Waals surface area contributed by atoms with E-state index in [0.717, 1.165) is 16.0 Å². The number of hydrogen-bond acceptors (Lipinski definition) is 6. The van der Waals surface area contributed by atoms with Crippen molar-refractivity contribution in [3.05, 3.63) is 89.1 Å². The van der Waals surface area contributed by atoms with E-state index in [-0.39, 0.29) is 18.2 Å². The number of nitrogens with one attached hydrogen (secondary N) is 3. The van der Waals surface area contributed by atoms with Gasteiger partial charge < -0.3 is 25.4 Å². The first-order chi connectivity index (χ1) is 18.7. The minimum Gasteiger partial charge on any atom is -0.497 e. The Hall–Kier alpha value is -5.12. The quantitative estimate of drug-likeness (QED) is 0.286. The van der Waals surface area contributed by atoms with Gasteiger partial charge in [-0.15, -0.1) is 0 Å². The van der Waals surface area contributed by atoms with Gasteiger partial charge in [-0.1, -0.05) is 18.2 Å². The molecule has 39 heavy (non-hydrogen) atoms. The fourth-order valence-electron chi connectivity index (χ4n) is 3.76. The van der Waals surface area contributed by atoms with Gasteiger partial charge >= 0.3 is 6.03 Å². The zero-order valence-electron chi connectivity index (χ0n) is 21.7. The van der Waals surface area contributed by atoms with E-state index in [9.17, 15) is 19.2 Å². The molecule has 10 nitrogen and oxygen atoms in total. The summed E-state index contributed by atoms with van der Waals surface area (Å²) in [6, 6.07) is 18.3. The van der Waals surface area contributed by atoms with Gasteiger partial charge in [0.05, 0.1) is 7.11 Å². The van der Waals surface area contributed by atoms with Gasteiger partial charge in [0.1, 0.15) is 23.7 Å². The highest BCUT2D eigenvalue weighted by Gasteiger charge is 2.34. The molecule has 1 aliphatic rings. The lowest BCUT2D eigenvalue weighted by atomic mass is 10.1. The third-order valence-electron chi connectivity index (χ3n) is 5.97. The fraction of sp³-hybridized carbons (Fsp3) is 0.172. The lowest BCUT2D eigenvalue weighted by Gasteiger charge is -2.12. The summed E-state index contributed by atoms with van der Waals surface area (Å²) in [6.07, 6.45) is 1.48. The number of anilines is 2. The second kappa shape index (κ2) is 12.0. The van der Waals surface area contributed by atoms with E-state index in [1.54, 1.807) is 48.5 Å². The number of carbonyl (C=O) groups is 4. The number of benzene rings is 3. The Labute approximate surface area is 225 Å². The Morgan fingerprint density at radius 1 is 0.872 bits per heavy atom. The zero-order valence-corrected chi connectivity index (χ0v) is 21.7. The number of methoxy groups -OCH3 is 1. The average molecular weight is 529 g/mol. The highest BCUT2D eigenvalue weighted by Crippen LogP contribution is 2.20. The van der Waals surface area contributed by atoms with Crippen LogP contribution in [0.3, 0.4) is 0 Å². The van der Waals surface area contributed by atoms with Crippen LogP contribution in [0, 0.1) is 13.8 Å². The lowest BCUT2D eigenvalue weighted by molar-refractivity contribution is -0.127. The van der Waals surface area contributed by atoms with E-state index in [1.165, 1.54) is 13.2 Å². The van der Waals surface area contributed by atoms with Crippen LogP contribution in [-0.2, 0) is 14.4 Å². The summed E-state index contributed by atoms with van der Waals surface area (Å²) in [5, 5.41) is 7.92. The summed E-state index contributed by atoms with van der Waals surface area (Å²) in [6.45, 7) is 3.30. The van der Waals surface area contributed by atoms with Crippen LogP contribution in [0.2, 0.25) is 0 Å². The monoisotopic (exact) mass is 528 g/mol. The summed E-state index contributed by atoms with van der Waals surface area (Å²) in [5.41, 5.74) is 3.97. The topological polar surface area (TPSA) is 126 Å². The SMILES string of the molecule is COc1ccc(NC(=O)CN2C(=O)N/C(=C\c3cccc(OCC(=O)Nc4ccc(C)c(C)c4)c3)C2=O)cc1. The predicted octanol–water partition coefficient (Wildman–Crippen LogP) is 3.86. The highest BCUT2D eigenvalue weighted by molar-refractivity contribution is 6.16. The minimum atomic E-state index is -0.702. The number of amides is 5. The second-order valence-electron chi connectivity index (χ2n) is 8.86. The lowest BCUT2D eigenvalue weighted by Crippen LogP contribution is -2.38. The first-order valence-corrected chi connectivity index (χ1v) is 12.1. The molecule has 200 valence electrons. The number of rotatable bonds is 9. The fourth-order valence-corrected chi connectivity index (χ4v) is 3.76. The molecule has 1 heterocycles. The van der Waals surface area contributed by atoms with Gasteiger partial charge in [-0.05, 0) is 85.1 Å². The van der Waals surface area contributed by atoms with E-state index in [0.29, 0.717) is 28.4 Å². The molecule has 0 bridgehead atoms. The Bertz CT molecular complexity index is 1450. The van der Waals surface area contributed by atoms with E-state index < -0.39 is 24.4 Å². The third-order valence-corrected chi connectivity index (χ3v) is 5.97.